The second-order valence-electron chi connectivity index (χ2n) is 5.17. The number of hydrogen-bond donors (Lipinski definition) is 1. The number of nitrogens with one attached hydrogen (secondary N) is 1. The first-order valence-corrected chi connectivity index (χ1v) is 7.02. The highest BCUT2D eigenvalue weighted by atomic mass is 16.3. The molecule has 1 N–H and O–H groups in total. The van der Waals surface area contributed by atoms with Crippen LogP contribution in [-0.4, -0.2) is 10.9 Å². The van der Waals surface area contributed by atoms with Crippen LogP contribution < -0.4 is 5.32 Å². The number of aromatic nitrogens is 1. The van der Waals surface area contributed by atoms with E-state index in [4.69, 9.17) is 4.42 Å². The third-order valence-electron chi connectivity index (χ3n) is 3.29. The molecule has 3 rings (SSSR count). The van der Waals surface area contributed by atoms with Crippen molar-refractivity contribution in [2.75, 3.05) is 5.32 Å². The summed E-state index contributed by atoms with van der Waals surface area (Å²) in [7, 11) is 0. The van der Waals surface area contributed by atoms with Gasteiger partial charge in [-0.3, -0.25) is 9.78 Å². The number of anilines is 1. The molecule has 4 nitrogen and oxygen atoms in total. The number of furan rings is 1. The Hall–Kier alpha value is -2.88. The van der Waals surface area contributed by atoms with E-state index in [0.717, 1.165) is 27.8 Å². The van der Waals surface area contributed by atoms with Crippen LogP contribution >= 0.6 is 0 Å². The van der Waals surface area contributed by atoms with Crippen molar-refractivity contribution in [2.24, 2.45) is 0 Å². The molecule has 0 aliphatic rings. The monoisotopic (exact) mass is 292 g/mol. The van der Waals surface area contributed by atoms with Crippen molar-refractivity contribution in [1.82, 2.24) is 4.98 Å². The second kappa shape index (κ2) is 5.85. The van der Waals surface area contributed by atoms with Crippen molar-refractivity contribution in [2.45, 2.75) is 13.8 Å². The average Bonchev–Trinajstić information content (AvgIpc) is 2.99. The van der Waals surface area contributed by atoms with Gasteiger partial charge in [-0.1, -0.05) is 11.6 Å². The largest absolute Gasteiger partial charge is 0.465 e. The molecular weight excluding hydrogens is 276 g/mol. The lowest BCUT2D eigenvalue weighted by Gasteiger charge is -2.09. The van der Waals surface area contributed by atoms with Gasteiger partial charge in [-0.25, -0.2) is 0 Å². The number of amides is 1. The predicted octanol–water partition coefficient (Wildman–Crippen LogP) is 4.10. The molecule has 0 radical (unpaired) electrons. The van der Waals surface area contributed by atoms with Gasteiger partial charge >= 0.3 is 0 Å². The molecule has 22 heavy (non-hydrogen) atoms. The Labute approximate surface area is 128 Å². The van der Waals surface area contributed by atoms with E-state index in [2.05, 4.69) is 10.3 Å². The van der Waals surface area contributed by atoms with E-state index >= 15 is 0 Å². The lowest BCUT2D eigenvalue weighted by molar-refractivity contribution is -0.111. The van der Waals surface area contributed by atoms with E-state index in [0.29, 0.717) is 5.76 Å². The predicted molar refractivity (Wildman–Crippen MR) is 87.6 cm³/mol. The summed E-state index contributed by atoms with van der Waals surface area (Å²) in [5.41, 5.74) is 3.62. The molecular formula is C18H16N2O2. The number of carbonyl (C=O) groups excluding carboxylic acids is 1. The molecule has 3 aromatic rings. The smallest absolute Gasteiger partial charge is 0.248 e. The van der Waals surface area contributed by atoms with Crippen LogP contribution in [0.3, 0.4) is 0 Å². The van der Waals surface area contributed by atoms with Gasteiger partial charge in [-0.05, 0) is 50.3 Å². The minimum atomic E-state index is -0.204. The summed E-state index contributed by atoms with van der Waals surface area (Å²) in [6, 6.07) is 11.4. The number of hydrogen-bond acceptors (Lipinski definition) is 3. The highest BCUT2D eigenvalue weighted by Crippen LogP contribution is 2.24. The fourth-order valence-electron chi connectivity index (χ4n) is 2.29. The van der Waals surface area contributed by atoms with Gasteiger partial charge in [0.25, 0.3) is 0 Å². The Kier molecular flexibility index (Phi) is 3.74. The van der Waals surface area contributed by atoms with Crippen molar-refractivity contribution in [3.63, 3.8) is 0 Å². The number of rotatable bonds is 3. The molecule has 1 aromatic carbocycles. The first kappa shape index (κ1) is 14.1. The lowest BCUT2D eigenvalue weighted by atomic mass is 10.1. The summed E-state index contributed by atoms with van der Waals surface area (Å²) in [6.45, 7) is 3.93. The maximum absolute atomic E-state index is 12.1. The van der Waals surface area contributed by atoms with Crippen LogP contribution in [0.15, 0.2) is 53.2 Å². The minimum Gasteiger partial charge on any atom is -0.465 e. The molecule has 0 saturated carbocycles. The molecule has 0 fully saturated rings. The Balaban J connectivity index is 1.89. The van der Waals surface area contributed by atoms with Gasteiger partial charge in [0.15, 0.2) is 0 Å². The van der Waals surface area contributed by atoms with Crippen molar-refractivity contribution >= 4 is 28.6 Å². The first-order chi connectivity index (χ1) is 10.6. The SMILES string of the molecule is Cc1ccc2nc(C)cc(NC(=O)/C=C/c3ccco3)c2c1. The van der Waals surface area contributed by atoms with Crippen LogP contribution in [0.2, 0.25) is 0 Å². The standard InChI is InChI=1S/C18H16N2O2/c1-12-5-7-16-15(10-12)17(11-13(2)19-16)20-18(21)8-6-14-4-3-9-22-14/h3-11H,1-2H3,(H,19,20,21)/b8-6+. The molecule has 0 unspecified atom stereocenters. The summed E-state index contributed by atoms with van der Waals surface area (Å²) in [4.78, 5) is 16.6. The maximum Gasteiger partial charge on any atom is 0.248 e. The molecule has 110 valence electrons. The molecule has 1 amide bonds. The Morgan fingerprint density at radius 1 is 1.23 bits per heavy atom. The molecule has 0 aliphatic heterocycles. The molecule has 2 heterocycles. The van der Waals surface area contributed by atoms with E-state index < -0.39 is 0 Å². The molecule has 4 heteroatoms. The van der Waals surface area contributed by atoms with Gasteiger partial charge in [0, 0.05) is 17.2 Å². The van der Waals surface area contributed by atoms with Crippen molar-refractivity contribution in [1.29, 1.82) is 0 Å². The van der Waals surface area contributed by atoms with Crippen LogP contribution in [0, 0.1) is 13.8 Å². The number of fused-ring (bicyclic) bond motifs is 1. The molecule has 2 aromatic heterocycles. The molecule has 0 aliphatic carbocycles. The normalized spacial score (nSPS) is 11.2. The van der Waals surface area contributed by atoms with Crippen LogP contribution in [0.4, 0.5) is 5.69 Å². The Morgan fingerprint density at radius 3 is 2.86 bits per heavy atom. The van der Waals surface area contributed by atoms with Crippen LogP contribution in [0.1, 0.15) is 17.0 Å². The van der Waals surface area contributed by atoms with Gasteiger partial charge in [-0.2, -0.15) is 0 Å². The second-order valence-corrected chi connectivity index (χ2v) is 5.17. The molecule has 0 spiro atoms. The third kappa shape index (κ3) is 3.06. The van der Waals surface area contributed by atoms with Crippen molar-refractivity contribution in [3.05, 3.63) is 65.8 Å². The van der Waals surface area contributed by atoms with E-state index in [1.54, 1.807) is 24.5 Å². The third-order valence-corrected chi connectivity index (χ3v) is 3.29. The Morgan fingerprint density at radius 2 is 2.09 bits per heavy atom. The lowest BCUT2D eigenvalue weighted by Crippen LogP contribution is -2.08. The van der Waals surface area contributed by atoms with Gasteiger partial charge < -0.3 is 9.73 Å². The molecule has 0 saturated heterocycles. The number of aryl methyl sites for hydroxylation is 2. The topological polar surface area (TPSA) is 55.1 Å². The summed E-state index contributed by atoms with van der Waals surface area (Å²) >= 11 is 0. The summed E-state index contributed by atoms with van der Waals surface area (Å²) in [6.07, 6.45) is 4.66. The van der Waals surface area contributed by atoms with Crippen LogP contribution in [0.25, 0.3) is 17.0 Å². The average molecular weight is 292 g/mol. The quantitative estimate of drug-likeness (QED) is 0.739. The summed E-state index contributed by atoms with van der Waals surface area (Å²) < 4.78 is 5.16. The number of carbonyl (C=O) groups is 1. The fourth-order valence-corrected chi connectivity index (χ4v) is 2.29. The van der Waals surface area contributed by atoms with E-state index in [-0.39, 0.29) is 5.91 Å². The maximum atomic E-state index is 12.1. The van der Waals surface area contributed by atoms with Crippen LogP contribution in [-0.2, 0) is 4.79 Å². The van der Waals surface area contributed by atoms with Gasteiger partial charge in [0.1, 0.15) is 5.76 Å². The first-order valence-electron chi connectivity index (χ1n) is 7.02. The van der Waals surface area contributed by atoms with E-state index in [9.17, 15) is 4.79 Å². The summed E-state index contributed by atoms with van der Waals surface area (Å²) in [5, 5.41) is 3.84. The van der Waals surface area contributed by atoms with Crippen molar-refractivity contribution < 1.29 is 9.21 Å². The van der Waals surface area contributed by atoms with Gasteiger partial charge in [-0.15, -0.1) is 0 Å². The number of benzene rings is 1. The minimum absolute atomic E-state index is 0.204. The van der Waals surface area contributed by atoms with Crippen molar-refractivity contribution in [3.8, 4) is 0 Å². The van der Waals surface area contributed by atoms with E-state index in [1.165, 1.54) is 6.08 Å². The summed E-state index contributed by atoms with van der Waals surface area (Å²) in [5.74, 6) is 0.437. The Bertz CT molecular complexity index is 849. The number of pyridine rings is 1. The fraction of sp³-hybridized carbons (Fsp3) is 0.111. The highest BCUT2D eigenvalue weighted by Gasteiger charge is 2.06. The van der Waals surface area contributed by atoms with E-state index in [1.807, 2.05) is 38.1 Å². The zero-order valence-electron chi connectivity index (χ0n) is 12.5. The van der Waals surface area contributed by atoms with Crippen LogP contribution in [0.5, 0.6) is 0 Å². The van der Waals surface area contributed by atoms with Gasteiger partial charge in [0.2, 0.25) is 5.91 Å². The zero-order chi connectivity index (χ0) is 15.5. The zero-order valence-corrected chi connectivity index (χ0v) is 12.5. The molecule has 0 atom stereocenters. The van der Waals surface area contributed by atoms with Gasteiger partial charge in [0.05, 0.1) is 17.5 Å². The number of nitrogens with zero attached hydrogens (tertiary/aromatic N) is 1. The highest BCUT2D eigenvalue weighted by molar-refractivity contribution is 6.07. The molecule has 0 bridgehead atoms.